The van der Waals surface area contributed by atoms with E-state index in [1.54, 1.807) is 40.9 Å². The Labute approximate surface area is 487 Å². The zero-order chi connectivity index (χ0) is 59.6. The molecule has 7 amide bonds. The van der Waals surface area contributed by atoms with E-state index in [1.807, 2.05) is 45.0 Å². The van der Waals surface area contributed by atoms with Gasteiger partial charge in [0.05, 0.1) is 29.9 Å². The van der Waals surface area contributed by atoms with Gasteiger partial charge in [0.1, 0.15) is 18.5 Å². The maximum absolute atomic E-state index is 14.5. The molecular weight excluding hydrogens is 1140 g/mol. The van der Waals surface area contributed by atoms with Crippen LogP contribution in [0.3, 0.4) is 0 Å². The van der Waals surface area contributed by atoms with Gasteiger partial charge in [-0.3, -0.25) is 48.5 Å². The molecule has 7 rings (SSSR count). The molecule has 29 heteroatoms. The Kier molecular flexibility index (Phi) is 22.7. The molecule has 83 heavy (non-hydrogen) atoms. The summed E-state index contributed by atoms with van der Waals surface area (Å²) in [5, 5.41) is 11.1. The smallest absolute Gasteiger partial charge is 0.0594 e. The summed E-state index contributed by atoms with van der Waals surface area (Å²) >= 11 is -1.93. The SMILES string of the molecule is [C-]#[N+][C@@H]1CC(F)(F)CN1C(=O)CNC(=O)c1ccnc2c(NC(=O)CCC(=O)N[C@@H](CCCN=C(N)N(C)C)C(=O)N[C@@H](Cc3ccccc3)C(=O)N3CCN(C(=O)CN4CCN5CCN(CC4)CC(=O)[O][68Ga][O]C(=O)C5)CC3)cccc12. The molecule has 443 valence electrons. The fourth-order valence-corrected chi connectivity index (χ4v) is 10.7. The van der Waals surface area contributed by atoms with Crippen molar-refractivity contribution in [2.24, 2.45) is 10.7 Å². The van der Waals surface area contributed by atoms with Gasteiger partial charge < -0.3 is 36.8 Å². The minimum atomic E-state index is -3.22. The first kappa shape index (κ1) is 62.8. The van der Waals surface area contributed by atoms with Crippen LogP contribution < -0.4 is 27.0 Å². The van der Waals surface area contributed by atoms with Gasteiger partial charge in [-0.15, -0.1) is 0 Å². The monoisotopic (exact) mass is 1210 g/mol. The van der Waals surface area contributed by atoms with Crippen molar-refractivity contribution < 1.29 is 59.0 Å². The van der Waals surface area contributed by atoms with Crippen LogP contribution >= 0.6 is 0 Å². The number of aromatic nitrogens is 1. The Morgan fingerprint density at radius 3 is 2.14 bits per heavy atom. The number of piperazine rings is 1. The van der Waals surface area contributed by atoms with Crippen LogP contribution in [-0.4, -0.2) is 260 Å². The number of benzene rings is 2. The number of amides is 7. The minimum absolute atomic E-state index is 0.0491. The van der Waals surface area contributed by atoms with Crippen molar-refractivity contribution in [2.45, 2.75) is 62.7 Å². The molecule has 0 aliphatic carbocycles. The molecule has 5 heterocycles. The number of nitrogens with one attached hydrogen (secondary N) is 4. The number of likely N-dealkylation sites (tertiary alicyclic amines) is 1. The van der Waals surface area contributed by atoms with Gasteiger partial charge in [0, 0.05) is 51.5 Å². The van der Waals surface area contributed by atoms with Crippen molar-refractivity contribution in [1.82, 2.24) is 55.2 Å². The third kappa shape index (κ3) is 18.6. The predicted octanol–water partition coefficient (Wildman–Crippen LogP) is -1.11. The number of rotatable bonds is 19. The first-order chi connectivity index (χ1) is 39.7. The molecule has 2 aromatic carbocycles. The summed E-state index contributed by atoms with van der Waals surface area (Å²) in [5.74, 6) is -7.88. The third-order valence-corrected chi connectivity index (χ3v) is 16.0. The van der Waals surface area contributed by atoms with E-state index in [9.17, 15) is 51.9 Å². The Bertz CT molecular complexity index is 2900. The second-order valence-electron chi connectivity index (χ2n) is 20.7. The molecule has 26 nitrogen and oxygen atoms in total. The van der Waals surface area contributed by atoms with Gasteiger partial charge in [0.15, 0.2) is 5.96 Å². The molecule has 4 fully saturated rings. The van der Waals surface area contributed by atoms with Crippen molar-refractivity contribution in [2.75, 3.05) is 124 Å². The van der Waals surface area contributed by atoms with Gasteiger partial charge >= 0.3 is 168 Å². The number of pyridine rings is 1. The van der Waals surface area contributed by atoms with E-state index in [0.29, 0.717) is 45.7 Å². The predicted molar refractivity (Wildman–Crippen MR) is 297 cm³/mol. The maximum atomic E-state index is 14.5. The van der Waals surface area contributed by atoms with Gasteiger partial charge in [-0.05, 0) is 30.5 Å². The number of halogens is 2. The summed E-state index contributed by atoms with van der Waals surface area (Å²) < 4.78 is 38.4. The van der Waals surface area contributed by atoms with E-state index in [-0.39, 0.29) is 118 Å². The van der Waals surface area contributed by atoms with Crippen molar-refractivity contribution in [1.29, 1.82) is 0 Å². The quantitative estimate of drug-likeness (QED) is 0.0313. The molecule has 2 bridgehead atoms. The minimum Gasteiger partial charge on any atom is -0.0594 e. The normalized spacial score (nSPS) is 20.3. The summed E-state index contributed by atoms with van der Waals surface area (Å²) in [4.78, 5) is 144. The molecule has 4 aliphatic heterocycles. The van der Waals surface area contributed by atoms with Crippen LogP contribution in [-0.2, 0) is 51.8 Å². The molecule has 5 atom stereocenters. The molecule has 1 aromatic heterocycles. The molecule has 0 saturated carbocycles. The van der Waals surface area contributed by atoms with Crippen molar-refractivity contribution in [3.63, 3.8) is 0 Å². The van der Waals surface area contributed by atoms with Crippen LogP contribution in [0.2, 0.25) is 0 Å². The first-order valence-corrected chi connectivity index (χ1v) is 29.3. The zero-order valence-corrected chi connectivity index (χ0v) is 48.9. The van der Waals surface area contributed by atoms with Crippen molar-refractivity contribution >= 4 is 94.0 Å². The average Bonchev–Trinajstić information content (AvgIpc) is 4.07. The van der Waals surface area contributed by atoms with Crippen LogP contribution in [0, 0.1) is 6.57 Å². The van der Waals surface area contributed by atoms with Crippen LogP contribution in [0.25, 0.3) is 15.7 Å². The van der Waals surface area contributed by atoms with E-state index >= 15 is 0 Å². The van der Waals surface area contributed by atoms with Crippen molar-refractivity contribution in [3.05, 3.63) is 83.3 Å². The van der Waals surface area contributed by atoms with E-state index in [2.05, 4.69) is 36.1 Å². The fourth-order valence-electron chi connectivity index (χ4n) is 9.84. The number of guanidine groups is 1. The summed E-state index contributed by atoms with van der Waals surface area (Å²) in [6.45, 7) is 9.92. The standard InChI is InChI=1S/C54H71F2N15O11.Ga/c1-58-42-30-54(55,56)35-71(42)45(74)31-61-50(80)38-16-18-59-49-37(38)11-7-12-39(49)62-43(72)14-15-44(73)63-40(13-8-17-60-53(57)65(2)3)51(81)64-41(29-36-9-5-4-6-10-36)52(82)70-27-25-69(26-28-70)46(75)32-66-19-21-67(33-47(76)77)23-24-68(22-20-66)34-48(78)79;/h4-7,9-12,16,18,40-42H,8,13-15,17,19-35H2,2-3H3,(H2,57,60)(H,61,80)(H,62,72)(H,63,73)(H,64,81)(H,76,77)(H,78,79);/q;+2/p-2/t40-,41-,42-;/m0./s1/i;1-2. The number of alkyl halides is 2. The zero-order valence-electron chi connectivity index (χ0n) is 46.4. The van der Waals surface area contributed by atoms with Gasteiger partial charge in [-0.2, -0.15) is 0 Å². The summed E-state index contributed by atoms with van der Waals surface area (Å²) in [7, 11) is 3.45. The number of carbonyl (C=O) groups excluding carboxylic acids is 9. The summed E-state index contributed by atoms with van der Waals surface area (Å²) in [6.07, 6.45) is -1.06. The van der Waals surface area contributed by atoms with Crippen molar-refractivity contribution in [3.8, 4) is 0 Å². The molecule has 3 aromatic rings. The van der Waals surface area contributed by atoms with E-state index in [4.69, 9.17) is 19.4 Å². The number of para-hydroxylation sites is 1. The fraction of sp³-hybridized carbons (Fsp3) is 0.519. The van der Waals surface area contributed by atoms with Gasteiger partial charge in [-0.25, -0.2) is 15.4 Å². The topological polar surface area (TPSA) is 299 Å². The number of carbonyl (C=O) groups is 9. The summed E-state index contributed by atoms with van der Waals surface area (Å²) in [5.41, 5.74) is 7.21. The van der Waals surface area contributed by atoms with E-state index < -0.39 is 103 Å². The van der Waals surface area contributed by atoms with Gasteiger partial charge in [-0.1, -0.05) is 42.5 Å². The van der Waals surface area contributed by atoms with Crippen LogP contribution in [0.4, 0.5) is 14.5 Å². The number of hydrogen-bond donors (Lipinski definition) is 5. The molecular formula is C54H69F2GaN15O11. The number of aliphatic imine (C=N–C) groups is 1. The number of nitrogens with two attached hydrogens (primary N) is 1. The average molecular weight is 1210 g/mol. The van der Waals surface area contributed by atoms with Crippen LogP contribution in [0.15, 0.2) is 65.8 Å². The summed E-state index contributed by atoms with van der Waals surface area (Å²) in [6, 6.07) is 12.9. The molecule has 4 aliphatic rings. The molecule has 4 saturated heterocycles. The van der Waals surface area contributed by atoms with Crippen LogP contribution in [0.1, 0.15) is 48.0 Å². The number of fused-ring (bicyclic) bond motifs is 4. The Morgan fingerprint density at radius 1 is 0.831 bits per heavy atom. The second-order valence-corrected chi connectivity index (χ2v) is 22.1. The Hall–Kier alpha value is -7.78. The third-order valence-electron chi connectivity index (χ3n) is 14.5. The number of anilines is 1. The van der Waals surface area contributed by atoms with Crippen LogP contribution in [0.5, 0.6) is 0 Å². The van der Waals surface area contributed by atoms with Gasteiger partial charge in [0.2, 0.25) is 29.5 Å². The number of nitrogens with zero attached hydrogens (tertiary/aromatic N) is 10. The molecule has 6 N–H and O–H groups in total. The molecule has 1 radical (unpaired) electrons. The Morgan fingerprint density at radius 2 is 1.48 bits per heavy atom. The first-order valence-electron chi connectivity index (χ1n) is 27.3. The Balaban J connectivity index is 0.960. The van der Waals surface area contributed by atoms with Gasteiger partial charge in [0.25, 0.3) is 11.8 Å². The van der Waals surface area contributed by atoms with E-state index in [1.165, 1.54) is 18.3 Å². The molecule has 0 spiro atoms. The second kappa shape index (κ2) is 30.0. The molecule has 2 unspecified atom stereocenters. The number of hydrogen-bond acceptors (Lipinski definition) is 16. The van der Waals surface area contributed by atoms with E-state index in [0.717, 1.165) is 10.5 Å².